The molecule has 2 aromatic heterocycles. The number of nitrogens with zero attached hydrogens (tertiary/aromatic N) is 4. The number of hydrogen-bond acceptors (Lipinski definition) is 6. The molecular weight excluding hydrogens is 546 g/mol. The lowest BCUT2D eigenvalue weighted by Crippen LogP contribution is -2.50. The van der Waals surface area contributed by atoms with Gasteiger partial charge in [-0.3, -0.25) is 9.59 Å². The minimum absolute atomic E-state index is 0.00959. The molecule has 2 saturated heterocycles. The maximum atomic E-state index is 13.2. The van der Waals surface area contributed by atoms with Crippen molar-refractivity contribution in [3.63, 3.8) is 0 Å². The van der Waals surface area contributed by atoms with E-state index in [1.54, 1.807) is 4.90 Å². The SMILES string of the molecule is COC(=O)N[C@H](C(=O)N1CC[C@H](c2ncc(Cc3ccc4nc([C@@H]5CCCN5C(=O)[C@@H](C)C(C)C)[nH]c4c3)[nH]2)C1)C(C)C. The van der Waals surface area contributed by atoms with Gasteiger partial charge in [0.15, 0.2) is 0 Å². The van der Waals surface area contributed by atoms with E-state index in [-0.39, 0.29) is 35.6 Å². The maximum Gasteiger partial charge on any atom is 0.407 e. The lowest BCUT2D eigenvalue weighted by molar-refractivity contribution is -0.137. The third kappa shape index (κ3) is 6.55. The van der Waals surface area contributed by atoms with Gasteiger partial charge in [-0.15, -0.1) is 0 Å². The van der Waals surface area contributed by atoms with Gasteiger partial charge < -0.3 is 29.8 Å². The Morgan fingerprint density at radius 1 is 1.02 bits per heavy atom. The van der Waals surface area contributed by atoms with Crippen molar-refractivity contribution in [1.29, 1.82) is 0 Å². The van der Waals surface area contributed by atoms with Crippen molar-refractivity contribution in [2.45, 2.75) is 78.3 Å². The summed E-state index contributed by atoms with van der Waals surface area (Å²) in [6, 6.07) is 5.61. The van der Waals surface area contributed by atoms with E-state index in [2.05, 4.69) is 46.2 Å². The molecule has 1 aromatic carbocycles. The molecule has 11 nitrogen and oxygen atoms in total. The van der Waals surface area contributed by atoms with Gasteiger partial charge in [-0.25, -0.2) is 14.8 Å². The summed E-state index contributed by atoms with van der Waals surface area (Å²) in [4.78, 5) is 58.4. The molecule has 0 unspecified atom stereocenters. The third-order valence-corrected chi connectivity index (χ3v) is 9.13. The second-order valence-corrected chi connectivity index (χ2v) is 12.8. The summed E-state index contributed by atoms with van der Waals surface area (Å²) in [6.45, 7) is 12.0. The number of nitrogens with one attached hydrogen (secondary N) is 3. The van der Waals surface area contributed by atoms with Crippen LogP contribution in [0.3, 0.4) is 0 Å². The average molecular weight is 592 g/mol. The number of methoxy groups -OCH3 is 1. The summed E-state index contributed by atoms with van der Waals surface area (Å²) in [5, 5.41) is 2.67. The van der Waals surface area contributed by atoms with Gasteiger partial charge >= 0.3 is 6.09 Å². The molecule has 0 radical (unpaired) electrons. The number of hydrogen-bond donors (Lipinski definition) is 3. The maximum absolute atomic E-state index is 13.2. The molecular formula is C32H45N7O4. The first-order chi connectivity index (χ1) is 20.5. The highest BCUT2D eigenvalue weighted by Crippen LogP contribution is 2.34. The van der Waals surface area contributed by atoms with Crippen LogP contribution in [0.4, 0.5) is 4.79 Å². The van der Waals surface area contributed by atoms with Gasteiger partial charge in [-0.05, 0) is 48.8 Å². The van der Waals surface area contributed by atoms with Crippen LogP contribution in [0.2, 0.25) is 0 Å². The monoisotopic (exact) mass is 591 g/mol. The van der Waals surface area contributed by atoms with Crippen LogP contribution < -0.4 is 5.32 Å². The zero-order valence-electron chi connectivity index (χ0n) is 26.1. The van der Waals surface area contributed by atoms with Crippen LogP contribution in [-0.4, -0.2) is 80.4 Å². The van der Waals surface area contributed by atoms with Crippen molar-refractivity contribution in [2.24, 2.45) is 17.8 Å². The zero-order chi connectivity index (χ0) is 30.8. The molecule has 0 spiro atoms. The van der Waals surface area contributed by atoms with E-state index in [0.29, 0.717) is 25.4 Å². The Hall–Kier alpha value is -3.89. The first-order valence-electron chi connectivity index (χ1n) is 15.5. The van der Waals surface area contributed by atoms with Gasteiger partial charge in [0, 0.05) is 49.8 Å². The van der Waals surface area contributed by atoms with Crippen LogP contribution in [0, 0.1) is 17.8 Å². The predicted molar refractivity (Wildman–Crippen MR) is 163 cm³/mol. The number of rotatable bonds is 9. The van der Waals surface area contributed by atoms with Crippen molar-refractivity contribution in [3.05, 3.63) is 47.3 Å². The van der Waals surface area contributed by atoms with E-state index in [1.165, 1.54) is 7.11 Å². The van der Waals surface area contributed by atoms with Crippen LogP contribution in [-0.2, 0) is 20.7 Å². The Morgan fingerprint density at radius 3 is 2.53 bits per heavy atom. The lowest BCUT2D eigenvalue weighted by Gasteiger charge is -2.27. The van der Waals surface area contributed by atoms with Gasteiger partial charge in [0.25, 0.3) is 0 Å². The summed E-state index contributed by atoms with van der Waals surface area (Å²) < 4.78 is 4.71. The highest BCUT2D eigenvalue weighted by Gasteiger charge is 2.36. The molecule has 232 valence electrons. The second-order valence-electron chi connectivity index (χ2n) is 12.8. The van der Waals surface area contributed by atoms with Gasteiger partial charge in [-0.1, -0.05) is 40.7 Å². The van der Waals surface area contributed by atoms with E-state index in [0.717, 1.165) is 59.7 Å². The molecule has 2 aliphatic rings. The smallest absolute Gasteiger partial charge is 0.407 e. The van der Waals surface area contributed by atoms with E-state index < -0.39 is 12.1 Å². The molecule has 43 heavy (non-hydrogen) atoms. The standard InChI is InChI=1S/C32H45N7O4/c1-18(2)20(5)30(40)39-12-7-8-26(39)29-35-24-10-9-21(15-25(24)36-29)14-23-16-33-28(34-23)22-11-13-38(17-22)31(41)27(19(3)4)37-32(42)43-6/h9-10,15-16,18-20,22,26-27H,7-8,11-14,17H2,1-6H3,(H,33,34)(H,35,36)(H,37,42)/t20-,22-,26-,27-/m0/s1. The highest BCUT2D eigenvalue weighted by atomic mass is 16.5. The molecule has 3 amide bonds. The highest BCUT2D eigenvalue weighted by molar-refractivity contribution is 5.86. The number of amides is 3. The first kappa shape index (κ1) is 30.6. The van der Waals surface area contributed by atoms with E-state index in [4.69, 9.17) is 9.72 Å². The molecule has 4 heterocycles. The predicted octanol–water partition coefficient (Wildman–Crippen LogP) is 4.53. The van der Waals surface area contributed by atoms with E-state index in [1.807, 2.05) is 37.9 Å². The van der Waals surface area contributed by atoms with Crippen molar-refractivity contribution >= 4 is 28.9 Å². The summed E-state index contributed by atoms with van der Waals surface area (Å²) in [5.74, 6) is 2.19. The Kier molecular flexibility index (Phi) is 9.08. The number of aromatic amines is 2. The number of carbonyl (C=O) groups excluding carboxylic acids is 3. The summed E-state index contributed by atoms with van der Waals surface area (Å²) in [5.41, 5.74) is 4.00. The molecule has 0 saturated carbocycles. The molecule has 4 atom stereocenters. The van der Waals surface area contributed by atoms with Crippen LogP contribution in [0.1, 0.15) is 88.7 Å². The number of carbonyl (C=O) groups is 3. The Morgan fingerprint density at radius 2 is 1.81 bits per heavy atom. The van der Waals surface area contributed by atoms with Crippen LogP contribution >= 0.6 is 0 Å². The van der Waals surface area contributed by atoms with Gasteiger partial charge in [-0.2, -0.15) is 0 Å². The third-order valence-electron chi connectivity index (χ3n) is 9.13. The fourth-order valence-corrected chi connectivity index (χ4v) is 6.18. The molecule has 0 aliphatic carbocycles. The molecule has 11 heteroatoms. The number of benzene rings is 1. The van der Waals surface area contributed by atoms with Crippen LogP contribution in [0.15, 0.2) is 24.4 Å². The fourth-order valence-electron chi connectivity index (χ4n) is 6.18. The Labute approximate surface area is 253 Å². The van der Waals surface area contributed by atoms with E-state index >= 15 is 0 Å². The van der Waals surface area contributed by atoms with Gasteiger partial charge in [0.2, 0.25) is 11.8 Å². The topological polar surface area (TPSA) is 136 Å². The second kappa shape index (κ2) is 12.8. The number of fused-ring (bicyclic) bond motifs is 1. The number of likely N-dealkylation sites (tertiary alicyclic amines) is 2. The summed E-state index contributed by atoms with van der Waals surface area (Å²) in [6.07, 6.45) is 4.67. The fraction of sp³-hybridized carbons (Fsp3) is 0.594. The van der Waals surface area contributed by atoms with Crippen molar-refractivity contribution in [1.82, 2.24) is 35.1 Å². The zero-order valence-corrected chi connectivity index (χ0v) is 26.1. The first-order valence-corrected chi connectivity index (χ1v) is 15.5. The molecule has 3 aromatic rings. The summed E-state index contributed by atoms with van der Waals surface area (Å²) >= 11 is 0. The normalized spacial score (nSPS) is 20.3. The van der Waals surface area contributed by atoms with Crippen molar-refractivity contribution in [2.75, 3.05) is 26.7 Å². The molecule has 2 aliphatic heterocycles. The van der Waals surface area contributed by atoms with Crippen LogP contribution in [0.5, 0.6) is 0 Å². The van der Waals surface area contributed by atoms with Gasteiger partial charge in [0.05, 0.1) is 24.2 Å². The lowest BCUT2D eigenvalue weighted by atomic mass is 9.96. The minimum Gasteiger partial charge on any atom is -0.453 e. The number of H-pyrrole nitrogens is 2. The molecule has 0 bridgehead atoms. The number of ether oxygens (including phenoxy) is 1. The van der Waals surface area contributed by atoms with Crippen molar-refractivity contribution < 1.29 is 19.1 Å². The average Bonchev–Trinajstić information content (AvgIpc) is 3.79. The summed E-state index contributed by atoms with van der Waals surface area (Å²) in [7, 11) is 1.30. The molecule has 5 rings (SSSR count). The number of alkyl carbamates (subject to hydrolysis) is 1. The largest absolute Gasteiger partial charge is 0.453 e. The van der Waals surface area contributed by atoms with Gasteiger partial charge in [0.1, 0.15) is 17.7 Å². The van der Waals surface area contributed by atoms with E-state index in [9.17, 15) is 14.4 Å². The Bertz CT molecular complexity index is 1460. The van der Waals surface area contributed by atoms with Crippen molar-refractivity contribution in [3.8, 4) is 0 Å². The Balaban J connectivity index is 1.23. The number of aromatic nitrogens is 4. The number of imidazole rings is 2. The molecule has 2 fully saturated rings. The van der Waals surface area contributed by atoms with Crippen LogP contribution in [0.25, 0.3) is 11.0 Å². The molecule has 3 N–H and O–H groups in total. The quantitative estimate of drug-likeness (QED) is 0.335. The minimum atomic E-state index is -0.628.